The molecule has 1 aromatic carbocycles. The van der Waals surface area contributed by atoms with Gasteiger partial charge in [-0.05, 0) is 19.4 Å². The average Bonchev–Trinajstić information content (AvgIpc) is 3.14. The van der Waals surface area contributed by atoms with E-state index in [2.05, 4.69) is 5.32 Å². The van der Waals surface area contributed by atoms with Gasteiger partial charge in [0.1, 0.15) is 18.3 Å². The molecular weight excluding hydrogens is 430 g/mol. The first-order valence-corrected chi connectivity index (χ1v) is 11.0. The quantitative estimate of drug-likeness (QED) is 0.515. The van der Waals surface area contributed by atoms with Crippen LogP contribution in [0.3, 0.4) is 0 Å². The van der Waals surface area contributed by atoms with E-state index in [4.69, 9.17) is 18.9 Å². The summed E-state index contributed by atoms with van der Waals surface area (Å²) in [7, 11) is 1.24. The van der Waals surface area contributed by atoms with E-state index in [-0.39, 0.29) is 19.4 Å². The summed E-state index contributed by atoms with van der Waals surface area (Å²) >= 11 is 0. The molecule has 0 bridgehead atoms. The maximum Gasteiger partial charge on any atom is 0.338 e. The van der Waals surface area contributed by atoms with Crippen LogP contribution in [0.1, 0.15) is 39.2 Å². The molecule has 33 heavy (non-hydrogen) atoms. The van der Waals surface area contributed by atoms with Gasteiger partial charge in [-0.1, -0.05) is 42.5 Å². The van der Waals surface area contributed by atoms with Crippen LogP contribution in [0.15, 0.2) is 36.4 Å². The molecule has 3 N–H and O–H groups in total. The molecule has 0 saturated carbocycles. The van der Waals surface area contributed by atoms with Crippen LogP contribution in [0.2, 0.25) is 0 Å². The summed E-state index contributed by atoms with van der Waals surface area (Å²) in [6.07, 6.45) is -0.828. The van der Waals surface area contributed by atoms with Crippen molar-refractivity contribution in [2.75, 3.05) is 13.7 Å². The first-order chi connectivity index (χ1) is 15.6. The average molecular weight is 464 g/mol. The summed E-state index contributed by atoms with van der Waals surface area (Å²) in [5.41, 5.74) is -0.630. The van der Waals surface area contributed by atoms with E-state index in [1.807, 2.05) is 36.4 Å². The third kappa shape index (κ3) is 5.99. The van der Waals surface area contributed by atoms with Crippen molar-refractivity contribution >= 4 is 18.0 Å². The fourth-order valence-corrected chi connectivity index (χ4v) is 4.34. The zero-order valence-electron chi connectivity index (χ0n) is 19.4. The van der Waals surface area contributed by atoms with E-state index < -0.39 is 53.7 Å². The van der Waals surface area contributed by atoms with Gasteiger partial charge in [-0.25, -0.2) is 4.79 Å². The van der Waals surface area contributed by atoms with Gasteiger partial charge < -0.3 is 34.5 Å². The van der Waals surface area contributed by atoms with Crippen molar-refractivity contribution in [1.82, 2.24) is 5.32 Å². The molecule has 0 aromatic heterocycles. The third-order valence-corrected chi connectivity index (χ3v) is 5.90. The van der Waals surface area contributed by atoms with Crippen LogP contribution in [-0.4, -0.2) is 77.7 Å². The number of hydrogen-bond acceptors (Lipinski definition) is 8. The number of esters is 1. The highest BCUT2D eigenvalue weighted by Gasteiger charge is 2.55. The molecule has 2 aliphatic heterocycles. The topological polar surface area (TPSA) is 124 Å². The number of ether oxygens (including phenoxy) is 4. The highest BCUT2D eigenvalue weighted by molar-refractivity contribution is 5.80. The molecule has 2 saturated heterocycles. The Kier molecular flexibility index (Phi) is 7.92. The number of nitrogens with one attached hydrogen (secondary N) is 1. The zero-order chi connectivity index (χ0) is 24.2. The number of methoxy groups -OCH3 is 1. The second-order valence-electron chi connectivity index (χ2n) is 8.94. The van der Waals surface area contributed by atoms with Crippen molar-refractivity contribution < 1.29 is 38.7 Å². The number of carbonyl (C=O) groups excluding carboxylic acids is 2. The van der Waals surface area contributed by atoms with Crippen LogP contribution in [0, 0.1) is 0 Å². The van der Waals surface area contributed by atoms with Crippen LogP contribution in [0.25, 0.3) is 6.08 Å². The fourth-order valence-electron chi connectivity index (χ4n) is 4.34. The van der Waals surface area contributed by atoms with E-state index >= 15 is 0 Å². The van der Waals surface area contributed by atoms with Gasteiger partial charge in [-0.15, -0.1) is 0 Å². The van der Waals surface area contributed by atoms with Crippen molar-refractivity contribution in [2.45, 2.75) is 75.5 Å². The van der Waals surface area contributed by atoms with Gasteiger partial charge >= 0.3 is 5.97 Å². The number of rotatable bonds is 7. The highest BCUT2D eigenvalue weighted by atomic mass is 16.7. The van der Waals surface area contributed by atoms with Crippen LogP contribution in [0.5, 0.6) is 0 Å². The Bertz CT molecular complexity index is 857. The highest BCUT2D eigenvalue weighted by Crippen LogP contribution is 2.37. The summed E-state index contributed by atoms with van der Waals surface area (Å²) in [6, 6.07) is 8.56. The molecule has 0 unspecified atom stereocenters. The lowest BCUT2D eigenvalue weighted by atomic mass is 9.81. The number of amides is 1. The van der Waals surface area contributed by atoms with Crippen LogP contribution >= 0.6 is 0 Å². The summed E-state index contributed by atoms with van der Waals surface area (Å²) < 4.78 is 22.5. The lowest BCUT2D eigenvalue weighted by Crippen LogP contribution is -2.67. The summed E-state index contributed by atoms with van der Waals surface area (Å²) in [5.74, 6) is -1.99. The molecule has 0 radical (unpaired) electrons. The monoisotopic (exact) mass is 463 g/mol. The minimum atomic E-state index is -1.56. The molecule has 2 heterocycles. The van der Waals surface area contributed by atoms with Gasteiger partial charge in [0.05, 0.1) is 25.9 Å². The van der Waals surface area contributed by atoms with E-state index in [1.165, 1.54) is 14.0 Å². The van der Waals surface area contributed by atoms with Crippen molar-refractivity contribution in [2.24, 2.45) is 0 Å². The van der Waals surface area contributed by atoms with Gasteiger partial charge in [-0.2, -0.15) is 0 Å². The normalized spacial score (nSPS) is 32.4. The molecule has 1 aromatic rings. The first kappa shape index (κ1) is 25.3. The summed E-state index contributed by atoms with van der Waals surface area (Å²) in [4.78, 5) is 24.7. The molecule has 6 atom stereocenters. The molecular formula is C24H33NO8. The van der Waals surface area contributed by atoms with Crippen molar-refractivity contribution in [3.8, 4) is 0 Å². The zero-order valence-corrected chi connectivity index (χ0v) is 19.4. The summed E-state index contributed by atoms with van der Waals surface area (Å²) in [5, 5.41) is 24.7. The van der Waals surface area contributed by atoms with E-state index in [0.717, 1.165) is 5.56 Å². The van der Waals surface area contributed by atoms with Crippen molar-refractivity contribution in [3.05, 3.63) is 42.0 Å². The van der Waals surface area contributed by atoms with E-state index in [9.17, 15) is 19.8 Å². The second-order valence-corrected chi connectivity index (χ2v) is 8.94. The molecule has 0 aliphatic carbocycles. The van der Waals surface area contributed by atoms with Gasteiger partial charge in [0, 0.05) is 19.8 Å². The molecule has 1 amide bonds. The van der Waals surface area contributed by atoms with Gasteiger partial charge in [0.2, 0.25) is 5.91 Å². The fraction of sp³-hybridized carbons (Fsp3) is 0.583. The van der Waals surface area contributed by atoms with Crippen molar-refractivity contribution in [3.63, 3.8) is 0 Å². The molecule has 9 nitrogen and oxygen atoms in total. The van der Waals surface area contributed by atoms with Crippen LogP contribution in [0.4, 0.5) is 0 Å². The van der Waals surface area contributed by atoms with Crippen molar-refractivity contribution in [1.29, 1.82) is 0 Å². The maximum absolute atomic E-state index is 12.9. The van der Waals surface area contributed by atoms with Gasteiger partial charge in [0.25, 0.3) is 0 Å². The minimum Gasteiger partial charge on any atom is -0.467 e. The number of aliphatic hydroxyl groups excluding tert-OH is 2. The van der Waals surface area contributed by atoms with Gasteiger partial charge in [0.15, 0.2) is 11.4 Å². The number of aliphatic hydroxyl groups is 2. The lowest BCUT2D eigenvalue weighted by Gasteiger charge is -2.47. The molecule has 2 aliphatic rings. The molecule has 182 valence electrons. The van der Waals surface area contributed by atoms with Crippen LogP contribution < -0.4 is 5.32 Å². The molecule has 2 fully saturated rings. The van der Waals surface area contributed by atoms with E-state index in [0.29, 0.717) is 0 Å². The molecule has 0 spiro atoms. The Balaban J connectivity index is 1.89. The SMILES string of the molecule is COC(=O)[C@@]1(C/C=C/c2ccccc2)C[C@H](O)[C@@H](NC(C)=O)[C@H]([C@H](O)[C@H]2COC(C)(C)O2)O1. The number of hydrogen-bond donors (Lipinski definition) is 3. The standard InChI is InChI=1S/C24H33NO8/c1-15(26)25-19-17(27)13-24(22(29)30-4,12-8-11-16-9-6-5-7-10-16)33-21(19)20(28)18-14-31-23(2,3)32-18/h5-11,17-21,27-28H,12-14H2,1-4H3,(H,25,26)/b11-8+/t17-,18+,19+,20+,21+,24+/m0/s1. The Morgan fingerprint density at radius 2 is 1.97 bits per heavy atom. The minimum absolute atomic E-state index is 0.0924. The Morgan fingerprint density at radius 3 is 2.55 bits per heavy atom. The number of benzene rings is 1. The molecule has 3 rings (SSSR count). The third-order valence-electron chi connectivity index (χ3n) is 5.90. The first-order valence-electron chi connectivity index (χ1n) is 11.0. The maximum atomic E-state index is 12.9. The Morgan fingerprint density at radius 1 is 1.27 bits per heavy atom. The predicted molar refractivity (Wildman–Crippen MR) is 119 cm³/mol. The van der Waals surface area contributed by atoms with Gasteiger partial charge in [-0.3, -0.25) is 4.79 Å². The van der Waals surface area contributed by atoms with E-state index in [1.54, 1.807) is 19.9 Å². The Hall–Kier alpha value is -2.30. The smallest absolute Gasteiger partial charge is 0.338 e. The summed E-state index contributed by atoms with van der Waals surface area (Å²) in [6.45, 7) is 4.83. The Labute approximate surface area is 193 Å². The largest absolute Gasteiger partial charge is 0.467 e. The second kappa shape index (κ2) is 10.3. The number of carbonyl (C=O) groups is 2. The molecule has 9 heteroatoms. The van der Waals surface area contributed by atoms with Crippen LogP contribution in [-0.2, 0) is 28.5 Å². The lowest BCUT2D eigenvalue weighted by molar-refractivity contribution is -0.233. The predicted octanol–water partition coefficient (Wildman–Crippen LogP) is 1.17.